The highest BCUT2D eigenvalue weighted by atomic mass is 16.5. The van der Waals surface area contributed by atoms with Crippen LogP contribution in [0.15, 0.2) is 72.8 Å². The summed E-state index contributed by atoms with van der Waals surface area (Å²) < 4.78 is 9.55. The van der Waals surface area contributed by atoms with Gasteiger partial charge in [0.05, 0.1) is 13.2 Å². The van der Waals surface area contributed by atoms with Crippen LogP contribution in [0.2, 0.25) is 0 Å². The minimum absolute atomic E-state index is 0.0765. The lowest BCUT2D eigenvalue weighted by atomic mass is 10.1. The summed E-state index contributed by atoms with van der Waals surface area (Å²) in [6.45, 7) is -0.0765. The molecule has 0 spiro atoms. The Morgan fingerprint density at radius 3 is 2.12 bits per heavy atom. The number of hydrogen-bond donors (Lipinski definition) is 1. The summed E-state index contributed by atoms with van der Waals surface area (Å²) in [6.07, 6.45) is 1.95. The van der Waals surface area contributed by atoms with Crippen molar-refractivity contribution in [2.24, 2.45) is 0 Å². The van der Waals surface area contributed by atoms with Crippen molar-refractivity contribution in [3.63, 3.8) is 0 Å². The van der Waals surface area contributed by atoms with Crippen LogP contribution in [0.4, 0.5) is 0 Å². The minimum atomic E-state index is -0.703. The molecule has 0 fully saturated rings. The highest BCUT2D eigenvalue weighted by Crippen LogP contribution is 2.14. The van der Waals surface area contributed by atoms with Gasteiger partial charge in [-0.3, -0.25) is 4.79 Å². The van der Waals surface area contributed by atoms with Crippen LogP contribution in [-0.2, 0) is 19.1 Å². The number of nitrogens with one attached hydrogen (secondary N) is 1. The first kappa shape index (κ1) is 18.9. The lowest BCUT2D eigenvalue weighted by Crippen LogP contribution is -2.32. The van der Waals surface area contributed by atoms with Crippen LogP contribution in [0.1, 0.15) is 22.0 Å². The fourth-order valence-electron chi connectivity index (χ4n) is 2.16. The number of amides is 1. The lowest BCUT2D eigenvalue weighted by Gasteiger charge is -2.19. The molecule has 1 atom stereocenters. The second-order valence-electron chi connectivity index (χ2n) is 5.29. The number of rotatable bonds is 7. The average Bonchev–Trinajstić information content (AvgIpc) is 2.70. The third-order valence-corrected chi connectivity index (χ3v) is 3.49. The molecule has 26 heavy (non-hydrogen) atoms. The third-order valence-electron chi connectivity index (χ3n) is 3.49. The van der Waals surface area contributed by atoms with E-state index in [-0.39, 0.29) is 12.5 Å². The molecule has 6 heteroatoms. The Kier molecular flexibility index (Phi) is 7.12. The average molecular weight is 353 g/mol. The molecule has 0 aliphatic carbocycles. The van der Waals surface area contributed by atoms with Gasteiger partial charge in [-0.25, -0.2) is 9.59 Å². The third kappa shape index (κ3) is 5.90. The maximum absolute atomic E-state index is 12.4. The highest BCUT2D eigenvalue weighted by molar-refractivity contribution is 5.94. The molecule has 2 rings (SSSR count). The molecule has 0 saturated carbocycles. The molecule has 0 saturated heterocycles. The Bertz CT molecular complexity index is 771. The van der Waals surface area contributed by atoms with Crippen molar-refractivity contribution in [2.75, 3.05) is 13.7 Å². The Balaban J connectivity index is 2.05. The minimum Gasteiger partial charge on any atom is -0.466 e. The largest absolute Gasteiger partial charge is 0.466 e. The van der Waals surface area contributed by atoms with E-state index in [1.807, 2.05) is 36.4 Å². The number of methoxy groups -OCH3 is 1. The summed E-state index contributed by atoms with van der Waals surface area (Å²) in [6, 6.07) is 17.4. The first-order chi connectivity index (χ1) is 12.6. The van der Waals surface area contributed by atoms with E-state index < -0.39 is 18.0 Å². The zero-order valence-electron chi connectivity index (χ0n) is 14.3. The zero-order chi connectivity index (χ0) is 18.8. The predicted octanol–water partition coefficient (Wildman–Crippen LogP) is 2.43. The van der Waals surface area contributed by atoms with E-state index in [1.165, 1.54) is 7.11 Å². The molecule has 1 N–H and O–H groups in total. The molecule has 0 heterocycles. The van der Waals surface area contributed by atoms with Crippen molar-refractivity contribution in [1.29, 1.82) is 0 Å². The number of carbonyl (C=O) groups is 3. The van der Waals surface area contributed by atoms with Gasteiger partial charge in [0.1, 0.15) is 6.61 Å². The molecule has 6 nitrogen and oxygen atoms in total. The van der Waals surface area contributed by atoms with Crippen LogP contribution in [0.5, 0.6) is 0 Å². The van der Waals surface area contributed by atoms with E-state index in [0.717, 1.165) is 17.7 Å². The van der Waals surface area contributed by atoms with Crippen LogP contribution in [0, 0.1) is 0 Å². The quantitative estimate of drug-likeness (QED) is 0.611. The summed E-state index contributed by atoms with van der Waals surface area (Å²) in [4.78, 5) is 35.1. The molecule has 2 aromatic carbocycles. The van der Waals surface area contributed by atoms with Gasteiger partial charge in [-0.2, -0.15) is 0 Å². The molecule has 0 aromatic heterocycles. The number of esters is 2. The van der Waals surface area contributed by atoms with Crippen LogP contribution >= 0.6 is 0 Å². The number of benzene rings is 2. The summed E-state index contributed by atoms with van der Waals surface area (Å²) >= 11 is 0. The van der Waals surface area contributed by atoms with Gasteiger partial charge in [0.2, 0.25) is 0 Å². The van der Waals surface area contributed by atoms with Crippen LogP contribution in [0.3, 0.4) is 0 Å². The number of carbonyl (C=O) groups excluding carboxylic acids is 3. The van der Waals surface area contributed by atoms with Crippen molar-refractivity contribution in [2.45, 2.75) is 6.04 Å². The summed E-state index contributed by atoms with van der Waals surface area (Å²) in [5.74, 6) is -1.63. The van der Waals surface area contributed by atoms with Gasteiger partial charge in [-0.05, 0) is 17.7 Å². The van der Waals surface area contributed by atoms with Crippen LogP contribution in [-0.4, -0.2) is 31.6 Å². The van der Waals surface area contributed by atoms with E-state index in [4.69, 9.17) is 4.74 Å². The summed E-state index contributed by atoms with van der Waals surface area (Å²) in [7, 11) is 1.21. The maximum atomic E-state index is 12.4. The molecule has 0 aliphatic rings. The van der Waals surface area contributed by atoms with E-state index in [1.54, 1.807) is 24.3 Å². The molecule has 0 unspecified atom stereocenters. The standard InChI is InChI=1S/C20H19NO5/c1-25-18(22)12-13-19(23)26-14-17(15-8-4-2-5-9-15)21-20(24)16-10-6-3-7-11-16/h2-13,17H,14H2,1H3,(H,21,24)/b13-12+/t17-/m0/s1. The predicted molar refractivity (Wildman–Crippen MR) is 95.2 cm³/mol. The lowest BCUT2D eigenvalue weighted by molar-refractivity contribution is -0.139. The van der Waals surface area contributed by atoms with E-state index in [0.29, 0.717) is 5.56 Å². The van der Waals surface area contributed by atoms with Gasteiger partial charge < -0.3 is 14.8 Å². The first-order valence-electron chi connectivity index (χ1n) is 7.94. The Morgan fingerprint density at radius 2 is 1.50 bits per heavy atom. The van der Waals surface area contributed by atoms with Gasteiger partial charge in [-0.15, -0.1) is 0 Å². The van der Waals surface area contributed by atoms with Crippen molar-refractivity contribution in [3.8, 4) is 0 Å². The molecule has 1 amide bonds. The molecule has 0 radical (unpaired) electrons. The number of ether oxygens (including phenoxy) is 2. The molecule has 134 valence electrons. The molecular weight excluding hydrogens is 334 g/mol. The summed E-state index contributed by atoms with van der Waals surface area (Å²) in [5.41, 5.74) is 1.30. The van der Waals surface area contributed by atoms with E-state index in [9.17, 15) is 14.4 Å². The van der Waals surface area contributed by atoms with Gasteiger partial charge in [0, 0.05) is 17.7 Å². The Labute approximate surface area is 151 Å². The maximum Gasteiger partial charge on any atom is 0.331 e. The van der Waals surface area contributed by atoms with Gasteiger partial charge in [-0.1, -0.05) is 48.5 Å². The van der Waals surface area contributed by atoms with Crippen LogP contribution in [0.25, 0.3) is 0 Å². The Hall–Kier alpha value is -3.41. The number of hydrogen-bond acceptors (Lipinski definition) is 5. The van der Waals surface area contributed by atoms with Gasteiger partial charge >= 0.3 is 11.9 Å². The zero-order valence-corrected chi connectivity index (χ0v) is 14.3. The fraction of sp³-hybridized carbons (Fsp3) is 0.150. The van der Waals surface area contributed by atoms with Crippen molar-refractivity contribution in [3.05, 3.63) is 83.9 Å². The smallest absolute Gasteiger partial charge is 0.331 e. The second kappa shape index (κ2) is 9.78. The van der Waals surface area contributed by atoms with Crippen molar-refractivity contribution < 1.29 is 23.9 Å². The second-order valence-corrected chi connectivity index (χ2v) is 5.29. The highest BCUT2D eigenvalue weighted by Gasteiger charge is 2.17. The first-order valence-corrected chi connectivity index (χ1v) is 7.94. The molecule has 2 aromatic rings. The Morgan fingerprint density at radius 1 is 0.923 bits per heavy atom. The van der Waals surface area contributed by atoms with E-state index in [2.05, 4.69) is 10.1 Å². The molecule has 0 bridgehead atoms. The topological polar surface area (TPSA) is 81.7 Å². The van der Waals surface area contributed by atoms with Crippen molar-refractivity contribution >= 4 is 17.8 Å². The van der Waals surface area contributed by atoms with Crippen molar-refractivity contribution in [1.82, 2.24) is 5.32 Å². The molecule has 0 aliphatic heterocycles. The SMILES string of the molecule is COC(=O)/C=C/C(=O)OC[C@H](NC(=O)c1ccccc1)c1ccccc1. The van der Waals surface area contributed by atoms with Gasteiger partial charge in [0.15, 0.2) is 0 Å². The van der Waals surface area contributed by atoms with Crippen LogP contribution < -0.4 is 5.32 Å². The fourth-order valence-corrected chi connectivity index (χ4v) is 2.16. The normalized spacial score (nSPS) is 11.6. The van der Waals surface area contributed by atoms with Gasteiger partial charge in [0.25, 0.3) is 5.91 Å². The monoisotopic (exact) mass is 353 g/mol. The summed E-state index contributed by atoms with van der Waals surface area (Å²) in [5, 5.41) is 2.85. The van der Waals surface area contributed by atoms with E-state index >= 15 is 0 Å². The molecular formula is C20H19NO5.